The van der Waals surface area contributed by atoms with E-state index in [1.807, 2.05) is 6.20 Å². The van der Waals surface area contributed by atoms with Crippen LogP contribution in [0.4, 0.5) is 0 Å². The molecule has 1 aromatic heterocycles. The molecule has 0 unspecified atom stereocenters. The van der Waals surface area contributed by atoms with Gasteiger partial charge in [0.05, 0.1) is 0 Å². The Kier molecular flexibility index (Phi) is 4.74. The summed E-state index contributed by atoms with van der Waals surface area (Å²) in [4.78, 5) is 4.53. The lowest BCUT2D eigenvalue weighted by Gasteiger charge is -2.13. The molecule has 0 radical (unpaired) electrons. The van der Waals surface area contributed by atoms with Crippen LogP contribution in [0.15, 0.2) is 36.7 Å². The number of benzene rings is 1. The highest BCUT2D eigenvalue weighted by Gasteiger charge is 2.10. The van der Waals surface area contributed by atoms with Gasteiger partial charge in [-0.25, -0.2) is 4.98 Å². The number of rotatable bonds is 6. The highest BCUT2D eigenvalue weighted by Crippen LogP contribution is 2.22. The van der Waals surface area contributed by atoms with Crippen LogP contribution < -0.4 is 5.32 Å². The molecular weight excluding hydrogens is 234 g/mol. The largest absolute Gasteiger partial charge is 0.331 e. The summed E-state index contributed by atoms with van der Waals surface area (Å²) >= 11 is 0. The number of hydrogen-bond acceptors (Lipinski definition) is 2. The molecule has 3 nitrogen and oxygen atoms in total. The van der Waals surface area contributed by atoms with Gasteiger partial charge in [0.15, 0.2) is 0 Å². The van der Waals surface area contributed by atoms with E-state index in [0.717, 1.165) is 25.3 Å². The standard InChI is InChI=1S/C16H23N3/c1-4-10-19-11-9-17-16(19)15-8-6-5-7-14(15)12-18-13(2)3/h5-9,11,13,18H,4,10,12H2,1-3H3. The quantitative estimate of drug-likeness (QED) is 0.859. The fourth-order valence-corrected chi connectivity index (χ4v) is 2.18. The molecule has 0 saturated heterocycles. The highest BCUT2D eigenvalue weighted by molar-refractivity contribution is 5.60. The Morgan fingerprint density at radius 1 is 1.26 bits per heavy atom. The number of nitrogens with zero attached hydrogens (tertiary/aromatic N) is 2. The van der Waals surface area contributed by atoms with Crippen LogP contribution in [-0.4, -0.2) is 15.6 Å². The summed E-state index contributed by atoms with van der Waals surface area (Å²) in [6.45, 7) is 8.42. The van der Waals surface area contributed by atoms with Crippen molar-refractivity contribution in [3.63, 3.8) is 0 Å². The van der Waals surface area contributed by atoms with Crippen LogP contribution in [0.2, 0.25) is 0 Å². The molecule has 0 aliphatic rings. The lowest BCUT2D eigenvalue weighted by molar-refractivity contribution is 0.589. The fraction of sp³-hybridized carbons (Fsp3) is 0.438. The third-order valence-electron chi connectivity index (χ3n) is 3.14. The molecule has 0 amide bonds. The summed E-state index contributed by atoms with van der Waals surface area (Å²) in [6, 6.07) is 9.00. The van der Waals surface area contributed by atoms with Gasteiger partial charge in [0.1, 0.15) is 5.82 Å². The van der Waals surface area contributed by atoms with E-state index in [4.69, 9.17) is 0 Å². The summed E-state index contributed by atoms with van der Waals surface area (Å²) < 4.78 is 2.23. The van der Waals surface area contributed by atoms with E-state index in [-0.39, 0.29) is 0 Å². The van der Waals surface area contributed by atoms with Gasteiger partial charge in [-0.3, -0.25) is 0 Å². The molecule has 0 bridgehead atoms. The lowest BCUT2D eigenvalue weighted by atomic mass is 10.1. The second-order valence-electron chi connectivity index (χ2n) is 5.14. The zero-order valence-electron chi connectivity index (χ0n) is 12.1. The van der Waals surface area contributed by atoms with Gasteiger partial charge in [0, 0.05) is 37.1 Å². The highest BCUT2D eigenvalue weighted by atomic mass is 15.1. The Morgan fingerprint density at radius 2 is 2.05 bits per heavy atom. The Bertz CT molecular complexity index is 514. The molecule has 1 N–H and O–H groups in total. The summed E-state index contributed by atoms with van der Waals surface area (Å²) in [5, 5.41) is 3.48. The third-order valence-corrected chi connectivity index (χ3v) is 3.14. The topological polar surface area (TPSA) is 29.9 Å². The van der Waals surface area contributed by atoms with Gasteiger partial charge < -0.3 is 9.88 Å². The van der Waals surface area contributed by atoms with Gasteiger partial charge in [-0.2, -0.15) is 0 Å². The van der Waals surface area contributed by atoms with Crippen LogP contribution in [0.5, 0.6) is 0 Å². The minimum absolute atomic E-state index is 0.489. The molecule has 0 aliphatic heterocycles. The summed E-state index contributed by atoms with van der Waals surface area (Å²) in [6.07, 6.45) is 5.07. The van der Waals surface area contributed by atoms with Crippen molar-refractivity contribution in [3.05, 3.63) is 42.2 Å². The average molecular weight is 257 g/mol. The molecule has 102 valence electrons. The van der Waals surface area contributed by atoms with E-state index in [1.54, 1.807) is 0 Å². The molecule has 1 aromatic carbocycles. The molecule has 1 heterocycles. The number of imidazole rings is 1. The van der Waals surface area contributed by atoms with Crippen molar-refractivity contribution in [1.82, 2.24) is 14.9 Å². The van der Waals surface area contributed by atoms with E-state index in [0.29, 0.717) is 6.04 Å². The molecule has 0 atom stereocenters. The van der Waals surface area contributed by atoms with Gasteiger partial charge in [0.2, 0.25) is 0 Å². The zero-order valence-corrected chi connectivity index (χ0v) is 12.1. The maximum absolute atomic E-state index is 4.53. The first-order valence-electron chi connectivity index (χ1n) is 7.05. The Labute approximate surface area is 115 Å². The number of nitrogens with one attached hydrogen (secondary N) is 1. The van der Waals surface area contributed by atoms with Crippen molar-refractivity contribution in [3.8, 4) is 11.4 Å². The first-order chi connectivity index (χ1) is 9.22. The van der Waals surface area contributed by atoms with Crippen molar-refractivity contribution in [2.75, 3.05) is 0 Å². The van der Waals surface area contributed by atoms with Crippen LogP contribution in [0.3, 0.4) is 0 Å². The van der Waals surface area contributed by atoms with E-state index < -0.39 is 0 Å². The van der Waals surface area contributed by atoms with E-state index in [1.165, 1.54) is 11.1 Å². The lowest BCUT2D eigenvalue weighted by Crippen LogP contribution is -2.22. The summed E-state index contributed by atoms with van der Waals surface area (Å²) in [7, 11) is 0. The Morgan fingerprint density at radius 3 is 2.79 bits per heavy atom. The van der Waals surface area contributed by atoms with Crippen molar-refractivity contribution in [2.24, 2.45) is 0 Å². The minimum Gasteiger partial charge on any atom is -0.331 e. The van der Waals surface area contributed by atoms with Crippen molar-refractivity contribution in [1.29, 1.82) is 0 Å². The minimum atomic E-state index is 0.489. The van der Waals surface area contributed by atoms with Crippen LogP contribution >= 0.6 is 0 Å². The zero-order chi connectivity index (χ0) is 13.7. The molecule has 2 aromatic rings. The van der Waals surface area contributed by atoms with Crippen molar-refractivity contribution in [2.45, 2.75) is 46.3 Å². The fourth-order valence-electron chi connectivity index (χ4n) is 2.18. The second kappa shape index (κ2) is 6.53. The molecule has 3 heteroatoms. The van der Waals surface area contributed by atoms with Crippen LogP contribution in [-0.2, 0) is 13.1 Å². The van der Waals surface area contributed by atoms with Crippen LogP contribution in [0.1, 0.15) is 32.8 Å². The predicted molar refractivity (Wildman–Crippen MR) is 79.9 cm³/mol. The van der Waals surface area contributed by atoms with Gasteiger partial charge in [-0.05, 0) is 12.0 Å². The SMILES string of the molecule is CCCn1ccnc1-c1ccccc1CNC(C)C. The van der Waals surface area contributed by atoms with Crippen LogP contribution in [0.25, 0.3) is 11.4 Å². The first kappa shape index (κ1) is 13.8. The van der Waals surface area contributed by atoms with Crippen LogP contribution in [0, 0.1) is 0 Å². The van der Waals surface area contributed by atoms with E-state index in [9.17, 15) is 0 Å². The molecule has 19 heavy (non-hydrogen) atoms. The predicted octanol–water partition coefficient (Wildman–Crippen LogP) is 3.46. The summed E-state index contributed by atoms with van der Waals surface area (Å²) in [5.41, 5.74) is 2.54. The first-order valence-corrected chi connectivity index (χ1v) is 7.05. The van der Waals surface area contributed by atoms with Gasteiger partial charge in [0.25, 0.3) is 0 Å². The summed E-state index contributed by atoms with van der Waals surface area (Å²) in [5.74, 6) is 1.07. The van der Waals surface area contributed by atoms with E-state index >= 15 is 0 Å². The molecule has 0 fully saturated rings. The second-order valence-corrected chi connectivity index (χ2v) is 5.14. The average Bonchev–Trinajstić information content (AvgIpc) is 2.85. The number of aromatic nitrogens is 2. The van der Waals surface area contributed by atoms with Gasteiger partial charge >= 0.3 is 0 Å². The van der Waals surface area contributed by atoms with E-state index in [2.05, 4.69) is 66.1 Å². The molecule has 0 aliphatic carbocycles. The molecular formula is C16H23N3. The van der Waals surface area contributed by atoms with Gasteiger partial charge in [-0.15, -0.1) is 0 Å². The maximum atomic E-state index is 4.53. The number of aryl methyl sites for hydroxylation is 1. The Hall–Kier alpha value is -1.61. The Balaban J connectivity index is 2.30. The normalized spacial score (nSPS) is 11.2. The molecule has 2 rings (SSSR count). The third kappa shape index (κ3) is 3.44. The van der Waals surface area contributed by atoms with Crippen molar-refractivity contribution >= 4 is 0 Å². The number of hydrogen-bond donors (Lipinski definition) is 1. The smallest absolute Gasteiger partial charge is 0.140 e. The molecule has 0 saturated carbocycles. The van der Waals surface area contributed by atoms with Crippen molar-refractivity contribution < 1.29 is 0 Å². The molecule has 0 spiro atoms. The monoisotopic (exact) mass is 257 g/mol. The van der Waals surface area contributed by atoms with Gasteiger partial charge in [-0.1, -0.05) is 45.0 Å². The maximum Gasteiger partial charge on any atom is 0.140 e.